The van der Waals surface area contributed by atoms with E-state index in [1.165, 1.54) is 12.5 Å². The molecule has 0 aromatic carbocycles. The van der Waals surface area contributed by atoms with Gasteiger partial charge in [0.25, 0.3) is 5.91 Å². The van der Waals surface area contributed by atoms with Gasteiger partial charge in [-0.1, -0.05) is 6.07 Å². The summed E-state index contributed by atoms with van der Waals surface area (Å²) < 4.78 is 49.8. The number of hydrogen-bond acceptors (Lipinski definition) is 4. The van der Waals surface area contributed by atoms with Gasteiger partial charge in [0, 0.05) is 18.5 Å². The topological polar surface area (TPSA) is 77.9 Å². The highest BCUT2D eigenvalue weighted by molar-refractivity contribution is 7.90. The van der Waals surface area contributed by atoms with Gasteiger partial charge in [-0.05, 0) is 29.7 Å². The van der Waals surface area contributed by atoms with E-state index in [0.29, 0.717) is 12.3 Å². The third kappa shape index (κ3) is 4.20. The number of aromatic nitrogens is 2. The molecule has 122 valence electrons. The van der Waals surface area contributed by atoms with Crippen LogP contribution in [-0.4, -0.2) is 26.7 Å². The fraction of sp³-hybridized carbons (Fsp3) is 0.214. The van der Waals surface area contributed by atoms with Gasteiger partial charge in [0.05, 0.1) is 5.56 Å². The Balaban J connectivity index is 2.34. The number of pyridine rings is 2. The molecule has 23 heavy (non-hydrogen) atoms. The lowest BCUT2D eigenvalue weighted by Crippen LogP contribution is -2.20. The summed E-state index contributed by atoms with van der Waals surface area (Å²) in [7, 11) is 0. The van der Waals surface area contributed by atoms with E-state index in [2.05, 4.69) is 15.3 Å². The maximum absolute atomic E-state index is 12.7. The average Bonchev–Trinajstić information content (AvgIpc) is 2.48. The molecule has 0 saturated heterocycles. The first kappa shape index (κ1) is 17.2. The lowest BCUT2D eigenvalue weighted by atomic mass is 10.2. The second-order valence-corrected chi connectivity index (χ2v) is 6.05. The van der Waals surface area contributed by atoms with Gasteiger partial charge < -0.3 is 9.87 Å². The van der Waals surface area contributed by atoms with Gasteiger partial charge in [0.2, 0.25) is 0 Å². The van der Waals surface area contributed by atoms with E-state index in [4.69, 9.17) is 0 Å². The number of nitrogens with one attached hydrogen (secondary N) is 1. The average molecular weight is 343 g/mol. The molecule has 1 N–H and O–H groups in total. The molecular formula is C14H12F3N3O2S. The molecule has 2 aromatic heterocycles. The Bertz CT molecular complexity index is 718. The van der Waals surface area contributed by atoms with E-state index >= 15 is 0 Å². The van der Waals surface area contributed by atoms with Crippen molar-refractivity contribution < 1.29 is 22.5 Å². The molecule has 1 atom stereocenters. The fourth-order valence-electron chi connectivity index (χ4n) is 1.71. The first-order valence-electron chi connectivity index (χ1n) is 6.33. The van der Waals surface area contributed by atoms with Crippen LogP contribution in [0.4, 0.5) is 19.0 Å². The zero-order valence-electron chi connectivity index (χ0n) is 12.1. The second kappa shape index (κ2) is 6.55. The summed E-state index contributed by atoms with van der Waals surface area (Å²) in [5.41, 5.74) is -0.514. The molecule has 0 aliphatic heterocycles. The van der Waals surface area contributed by atoms with Crippen molar-refractivity contribution in [3.8, 4) is 0 Å². The van der Waals surface area contributed by atoms with Crippen molar-refractivity contribution in [2.75, 3.05) is 11.6 Å². The Hall–Kier alpha value is -2.13. The van der Waals surface area contributed by atoms with Crippen molar-refractivity contribution in [3.05, 3.63) is 47.4 Å². The molecule has 1 unspecified atom stereocenters. The van der Waals surface area contributed by atoms with E-state index in [1.807, 2.05) is 6.92 Å². The summed E-state index contributed by atoms with van der Waals surface area (Å²) in [6.45, 7) is 1.81. The van der Waals surface area contributed by atoms with E-state index in [-0.39, 0.29) is 16.4 Å². The normalized spacial score (nSPS) is 12.8. The van der Waals surface area contributed by atoms with Crippen molar-refractivity contribution in [2.24, 2.45) is 0 Å². The van der Waals surface area contributed by atoms with Crippen molar-refractivity contribution in [2.45, 2.75) is 18.0 Å². The number of rotatable bonds is 3. The summed E-state index contributed by atoms with van der Waals surface area (Å²) in [4.78, 5) is 19.4. The lowest BCUT2D eigenvalue weighted by molar-refractivity contribution is -0.138. The molecule has 2 rings (SSSR count). The zero-order valence-corrected chi connectivity index (χ0v) is 13.0. The molecule has 9 heteroatoms. The molecule has 0 aliphatic rings. The maximum atomic E-state index is 12.7. The smallest absolute Gasteiger partial charge is 0.418 e. The highest BCUT2D eigenvalue weighted by atomic mass is 32.2. The maximum Gasteiger partial charge on any atom is 0.418 e. The number of nitrogens with zero attached hydrogens (tertiary/aromatic N) is 2. The molecule has 2 aromatic rings. The monoisotopic (exact) mass is 343 g/mol. The standard InChI is InChI=1S/C14H12F3N3O2S/c1-8-3-4-11(18-6-8)20-13(21)12-10(23(2)22)5-9(7-19-12)14(15,16)17/h3-7H,1-2H3,(H,18,20,21). The fourth-order valence-corrected chi connectivity index (χ4v) is 2.42. The Morgan fingerprint density at radius 2 is 1.96 bits per heavy atom. The van der Waals surface area contributed by atoms with Gasteiger partial charge in [-0.3, -0.25) is 4.79 Å². The van der Waals surface area contributed by atoms with Gasteiger partial charge in [-0.15, -0.1) is 0 Å². The summed E-state index contributed by atoms with van der Waals surface area (Å²) in [6.07, 6.45) is -1.39. The zero-order chi connectivity index (χ0) is 17.2. The molecule has 5 nitrogen and oxygen atoms in total. The molecule has 0 fully saturated rings. The van der Waals surface area contributed by atoms with Crippen molar-refractivity contribution in [3.63, 3.8) is 0 Å². The van der Waals surface area contributed by atoms with Gasteiger partial charge in [-0.2, -0.15) is 13.2 Å². The first-order valence-corrected chi connectivity index (χ1v) is 7.89. The third-order valence-corrected chi connectivity index (χ3v) is 3.79. The molecule has 0 radical (unpaired) electrons. The van der Waals surface area contributed by atoms with Crippen LogP contribution in [0.5, 0.6) is 0 Å². The minimum absolute atomic E-state index is 0.218. The Kier molecular flexibility index (Phi) is 4.90. The molecule has 0 aliphatic carbocycles. The van der Waals surface area contributed by atoms with E-state index < -0.39 is 28.8 Å². The highest BCUT2D eigenvalue weighted by Gasteiger charge is 2.34. The van der Waals surface area contributed by atoms with Gasteiger partial charge in [0.1, 0.15) is 12.1 Å². The van der Waals surface area contributed by atoms with Crippen molar-refractivity contribution in [1.29, 1.82) is 0 Å². The van der Waals surface area contributed by atoms with Crippen molar-refractivity contribution in [1.82, 2.24) is 9.97 Å². The van der Waals surface area contributed by atoms with E-state index in [1.54, 1.807) is 12.1 Å². The summed E-state index contributed by atoms with van der Waals surface area (Å²) in [6, 6.07) is 3.92. The van der Waals surface area contributed by atoms with Crippen molar-refractivity contribution >= 4 is 22.9 Å². The quantitative estimate of drug-likeness (QED) is 0.869. The number of carbonyl (C=O) groups excluding carboxylic acids is 1. The number of alkyl halides is 3. The number of anilines is 1. The van der Waals surface area contributed by atoms with Crippen LogP contribution in [0.1, 0.15) is 21.6 Å². The number of amides is 1. The van der Waals surface area contributed by atoms with Crippen LogP contribution >= 0.6 is 0 Å². The highest BCUT2D eigenvalue weighted by Crippen LogP contribution is 2.31. The first-order chi connectivity index (χ1) is 10.7. The molecular weight excluding hydrogens is 331 g/mol. The van der Waals surface area contributed by atoms with E-state index in [0.717, 1.165) is 5.56 Å². The van der Waals surface area contributed by atoms with Gasteiger partial charge >= 0.3 is 6.18 Å². The molecule has 2 heterocycles. The third-order valence-electron chi connectivity index (χ3n) is 2.86. The predicted octanol–water partition coefficient (Wildman–Crippen LogP) is 2.79. The molecule has 0 bridgehead atoms. The van der Waals surface area contributed by atoms with Gasteiger partial charge in [0.15, 0.2) is 10.6 Å². The Morgan fingerprint density at radius 1 is 1.26 bits per heavy atom. The minimum Gasteiger partial charge on any atom is -0.612 e. The number of carbonyl (C=O) groups is 1. The number of halogens is 3. The van der Waals surface area contributed by atoms with Gasteiger partial charge in [-0.25, -0.2) is 9.97 Å². The van der Waals surface area contributed by atoms with Crippen LogP contribution in [0.25, 0.3) is 0 Å². The summed E-state index contributed by atoms with van der Waals surface area (Å²) >= 11 is -1.81. The second-order valence-electron chi connectivity index (χ2n) is 4.70. The van der Waals surface area contributed by atoms with Crippen LogP contribution in [-0.2, 0) is 17.4 Å². The van der Waals surface area contributed by atoms with E-state index in [9.17, 15) is 22.5 Å². The molecule has 0 spiro atoms. The SMILES string of the molecule is Cc1ccc(NC(=O)c2ncc(C(F)(F)F)cc2[S+](C)[O-])nc1. The minimum atomic E-state index is -4.63. The molecule has 0 saturated carbocycles. The van der Waals surface area contributed by atoms with Crippen LogP contribution in [0.15, 0.2) is 35.5 Å². The lowest BCUT2D eigenvalue weighted by Gasteiger charge is -2.12. The van der Waals surface area contributed by atoms with Crippen LogP contribution < -0.4 is 5.32 Å². The predicted molar refractivity (Wildman–Crippen MR) is 78.5 cm³/mol. The van der Waals surface area contributed by atoms with Crippen LogP contribution in [0.2, 0.25) is 0 Å². The molecule has 1 amide bonds. The Morgan fingerprint density at radius 3 is 2.48 bits per heavy atom. The Labute approximate surface area is 133 Å². The number of aryl methyl sites for hydroxylation is 1. The van der Waals surface area contributed by atoms with Crippen LogP contribution in [0.3, 0.4) is 0 Å². The van der Waals surface area contributed by atoms with Crippen LogP contribution in [0, 0.1) is 6.92 Å². The summed E-state index contributed by atoms with van der Waals surface area (Å²) in [5.74, 6) is -0.560. The number of hydrogen-bond donors (Lipinski definition) is 1. The largest absolute Gasteiger partial charge is 0.612 e. The summed E-state index contributed by atoms with van der Waals surface area (Å²) in [5, 5.41) is 2.41.